The van der Waals surface area contributed by atoms with Gasteiger partial charge in [-0.25, -0.2) is 9.48 Å². The van der Waals surface area contributed by atoms with Gasteiger partial charge in [0.25, 0.3) is 0 Å². The Labute approximate surface area is 165 Å². The lowest BCUT2D eigenvalue weighted by Crippen LogP contribution is -2.38. The predicted octanol–water partition coefficient (Wildman–Crippen LogP) is 1.84. The second kappa shape index (κ2) is 8.31. The summed E-state index contributed by atoms with van der Waals surface area (Å²) in [5, 5.41) is 15.5. The van der Waals surface area contributed by atoms with Crippen molar-refractivity contribution in [2.75, 3.05) is 13.1 Å². The number of carbonyl (C=O) groups excluding carboxylic acids is 1. The van der Waals surface area contributed by atoms with E-state index in [0.29, 0.717) is 19.5 Å². The Kier molecular flexibility index (Phi) is 6.03. The van der Waals surface area contributed by atoms with Crippen LogP contribution in [-0.4, -0.2) is 43.4 Å². The van der Waals surface area contributed by atoms with E-state index in [0.717, 1.165) is 36.2 Å². The number of aromatic nitrogens is 3. The van der Waals surface area contributed by atoms with Gasteiger partial charge < -0.3 is 10.0 Å². The smallest absolute Gasteiger partial charge is 0.346 e. The highest BCUT2D eigenvalue weighted by Gasteiger charge is 2.40. The molecular formula is C21H30N4O3. The van der Waals surface area contributed by atoms with E-state index in [1.807, 2.05) is 38.1 Å². The van der Waals surface area contributed by atoms with Crippen LogP contribution in [0.4, 0.5) is 0 Å². The zero-order chi connectivity index (χ0) is 20.3. The normalized spacial score (nSPS) is 19.4. The van der Waals surface area contributed by atoms with Gasteiger partial charge in [0.15, 0.2) is 0 Å². The van der Waals surface area contributed by atoms with Crippen LogP contribution >= 0.6 is 0 Å². The molecule has 1 atom stereocenters. The summed E-state index contributed by atoms with van der Waals surface area (Å²) in [6.07, 6.45) is 3.20. The fourth-order valence-electron chi connectivity index (χ4n) is 3.98. The van der Waals surface area contributed by atoms with Crippen LogP contribution in [0.1, 0.15) is 50.1 Å². The topological polar surface area (TPSA) is 80.4 Å². The highest BCUT2D eigenvalue weighted by atomic mass is 16.3. The maximum Gasteiger partial charge on any atom is 0.346 e. The molecule has 2 heterocycles. The first-order valence-corrected chi connectivity index (χ1v) is 10.1. The molecule has 1 aromatic carbocycles. The highest BCUT2D eigenvalue weighted by Crippen LogP contribution is 2.33. The maximum absolute atomic E-state index is 12.8. The van der Waals surface area contributed by atoms with Gasteiger partial charge in [-0.3, -0.25) is 9.36 Å². The van der Waals surface area contributed by atoms with Gasteiger partial charge in [-0.1, -0.05) is 37.6 Å². The van der Waals surface area contributed by atoms with Crippen LogP contribution < -0.4 is 5.69 Å². The third-order valence-corrected chi connectivity index (χ3v) is 5.60. The number of aryl methyl sites for hydroxylation is 2. The van der Waals surface area contributed by atoms with Gasteiger partial charge in [-0.05, 0) is 37.8 Å². The summed E-state index contributed by atoms with van der Waals surface area (Å²) in [4.78, 5) is 27.0. The summed E-state index contributed by atoms with van der Waals surface area (Å²) in [6, 6.07) is 7.72. The number of nitrogens with zero attached hydrogens (tertiary/aromatic N) is 4. The van der Waals surface area contributed by atoms with Gasteiger partial charge in [0.05, 0.1) is 6.54 Å². The van der Waals surface area contributed by atoms with Crippen LogP contribution in [-0.2, 0) is 29.9 Å². The van der Waals surface area contributed by atoms with E-state index < -0.39 is 5.60 Å². The number of amides is 1. The molecule has 1 aliphatic heterocycles. The fraction of sp³-hybridized carbons (Fsp3) is 0.571. The molecule has 3 rings (SSSR count). The van der Waals surface area contributed by atoms with Crippen molar-refractivity contribution in [1.82, 2.24) is 19.2 Å². The quantitative estimate of drug-likeness (QED) is 0.787. The van der Waals surface area contributed by atoms with Crippen molar-refractivity contribution in [3.63, 3.8) is 0 Å². The Bertz CT molecular complexity index is 901. The molecule has 1 fully saturated rings. The van der Waals surface area contributed by atoms with Crippen molar-refractivity contribution in [1.29, 1.82) is 0 Å². The highest BCUT2D eigenvalue weighted by molar-refractivity contribution is 5.76. The Morgan fingerprint density at radius 2 is 2.04 bits per heavy atom. The van der Waals surface area contributed by atoms with Gasteiger partial charge in [-0.15, -0.1) is 0 Å². The molecule has 1 saturated heterocycles. The van der Waals surface area contributed by atoms with E-state index in [9.17, 15) is 14.7 Å². The first-order chi connectivity index (χ1) is 13.4. The molecule has 7 nitrogen and oxygen atoms in total. The summed E-state index contributed by atoms with van der Waals surface area (Å²) in [7, 11) is 0. The molecule has 0 unspecified atom stereocenters. The van der Waals surface area contributed by atoms with Crippen LogP contribution in [0.25, 0.3) is 0 Å². The van der Waals surface area contributed by atoms with Crippen molar-refractivity contribution in [2.24, 2.45) is 0 Å². The SMILES string of the molecule is CCCCc1nn(CC(=O)N2CC[C@@](O)(c3ccccc3C)C2)c(=O)n1CC. The van der Waals surface area contributed by atoms with E-state index >= 15 is 0 Å². The third kappa shape index (κ3) is 3.90. The second-order valence-corrected chi connectivity index (χ2v) is 7.62. The minimum atomic E-state index is -1.04. The van der Waals surface area contributed by atoms with Gasteiger partial charge in [-0.2, -0.15) is 5.10 Å². The summed E-state index contributed by atoms with van der Waals surface area (Å²) in [6.45, 7) is 7.13. The second-order valence-electron chi connectivity index (χ2n) is 7.62. The molecule has 152 valence electrons. The molecule has 0 bridgehead atoms. The summed E-state index contributed by atoms with van der Waals surface area (Å²) in [5.41, 5.74) is 0.591. The van der Waals surface area contributed by atoms with Crippen molar-refractivity contribution >= 4 is 5.91 Å². The zero-order valence-corrected chi connectivity index (χ0v) is 17.0. The number of likely N-dealkylation sites (tertiary alicyclic amines) is 1. The van der Waals surface area contributed by atoms with Crippen molar-refractivity contribution < 1.29 is 9.90 Å². The summed E-state index contributed by atoms with van der Waals surface area (Å²) >= 11 is 0. The lowest BCUT2D eigenvalue weighted by atomic mass is 9.89. The number of hydrogen-bond acceptors (Lipinski definition) is 4. The average Bonchev–Trinajstić information content (AvgIpc) is 3.21. The zero-order valence-electron chi connectivity index (χ0n) is 17.0. The maximum atomic E-state index is 12.8. The molecule has 1 aromatic heterocycles. The molecule has 0 radical (unpaired) electrons. The number of hydrogen-bond donors (Lipinski definition) is 1. The number of carbonyl (C=O) groups is 1. The predicted molar refractivity (Wildman–Crippen MR) is 107 cm³/mol. The van der Waals surface area contributed by atoms with Crippen molar-refractivity contribution in [3.05, 3.63) is 51.7 Å². The molecule has 0 aliphatic carbocycles. The number of β-amino-alcohol motifs (C(OH)–C–C–N with tert-alkyl or cyclic N) is 1. The van der Waals surface area contributed by atoms with Gasteiger partial charge in [0.2, 0.25) is 5.91 Å². The molecule has 7 heteroatoms. The number of benzene rings is 1. The molecule has 1 amide bonds. The molecule has 1 aliphatic rings. The average molecular weight is 386 g/mol. The van der Waals surface area contributed by atoms with Gasteiger partial charge in [0, 0.05) is 19.5 Å². The first kappa shape index (κ1) is 20.3. The molecule has 0 saturated carbocycles. The molecule has 0 spiro atoms. The van der Waals surface area contributed by atoms with Crippen LogP contribution in [0.3, 0.4) is 0 Å². The molecule has 1 N–H and O–H groups in total. The number of aliphatic hydroxyl groups is 1. The van der Waals surface area contributed by atoms with Crippen molar-refractivity contribution in [2.45, 2.75) is 65.1 Å². The van der Waals surface area contributed by atoms with E-state index in [-0.39, 0.29) is 24.7 Å². The lowest BCUT2D eigenvalue weighted by Gasteiger charge is -2.25. The number of unbranched alkanes of at least 4 members (excludes halogenated alkanes) is 1. The van der Waals surface area contributed by atoms with E-state index in [1.165, 1.54) is 4.68 Å². The summed E-state index contributed by atoms with van der Waals surface area (Å²) in [5.74, 6) is 0.550. The largest absolute Gasteiger partial charge is 0.383 e. The Balaban J connectivity index is 1.73. The monoisotopic (exact) mass is 386 g/mol. The number of rotatable bonds is 7. The summed E-state index contributed by atoms with van der Waals surface area (Å²) < 4.78 is 2.90. The van der Waals surface area contributed by atoms with E-state index in [4.69, 9.17) is 0 Å². The standard InChI is InChI=1S/C21H30N4O3/c1-4-6-11-18-22-25(20(27)24(18)5-2)14-19(26)23-13-12-21(28,15-23)17-10-8-7-9-16(17)3/h7-10,28H,4-6,11-15H2,1-3H3/t21-/m0/s1. The molecular weight excluding hydrogens is 356 g/mol. The third-order valence-electron chi connectivity index (χ3n) is 5.60. The van der Waals surface area contributed by atoms with Crippen LogP contribution in [0.2, 0.25) is 0 Å². The fourth-order valence-corrected chi connectivity index (χ4v) is 3.98. The van der Waals surface area contributed by atoms with Crippen LogP contribution in [0.5, 0.6) is 0 Å². The van der Waals surface area contributed by atoms with Gasteiger partial charge >= 0.3 is 5.69 Å². The van der Waals surface area contributed by atoms with Crippen molar-refractivity contribution in [3.8, 4) is 0 Å². The minimum Gasteiger partial charge on any atom is -0.383 e. The minimum absolute atomic E-state index is 0.0885. The Hall–Kier alpha value is -2.41. The Morgan fingerprint density at radius 3 is 2.71 bits per heavy atom. The van der Waals surface area contributed by atoms with Gasteiger partial charge in [0.1, 0.15) is 18.0 Å². The molecule has 28 heavy (non-hydrogen) atoms. The van der Waals surface area contributed by atoms with E-state index in [1.54, 1.807) is 9.47 Å². The van der Waals surface area contributed by atoms with E-state index in [2.05, 4.69) is 12.0 Å². The Morgan fingerprint density at radius 1 is 1.29 bits per heavy atom. The van der Waals surface area contributed by atoms with Crippen LogP contribution in [0, 0.1) is 6.92 Å². The first-order valence-electron chi connectivity index (χ1n) is 10.1. The van der Waals surface area contributed by atoms with Crippen LogP contribution in [0.15, 0.2) is 29.1 Å². The lowest BCUT2D eigenvalue weighted by molar-refractivity contribution is -0.132. The molecule has 2 aromatic rings.